The number of carbonyl (C=O) groups is 1. The van der Waals surface area contributed by atoms with Gasteiger partial charge in [0.05, 0.1) is 5.02 Å². The van der Waals surface area contributed by atoms with Gasteiger partial charge in [-0.1, -0.05) is 29.8 Å². The van der Waals surface area contributed by atoms with E-state index >= 15 is 0 Å². The third-order valence-electron chi connectivity index (χ3n) is 2.50. The fraction of sp³-hybridized carbons (Fsp3) is 0.0714. The highest BCUT2D eigenvalue weighted by Crippen LogP contribution is 2.20. The lowest BCUT2D eigenvalue weighted by Crippen LogP contribution is -2.04. The molecule has 0 unspecified atom stereocenters. The van der Waals surface area contributed by atoms with Crippen molar-refractivity contribution in [2.45, 2.75) is 6.42 Å². The molecule has 0 fully saturated rings. The highest BCUT2D eigenvalue weighted by molar-refractivity contribution is 14.1. The first-order chi connectivity index (χ1) is 8.56. The van der Waals surface area contributed by atoms with E-state index in [0.717, 1.165) is 3.57 Å². The van der Waals surface area contributed by atoms with Crippen LogP contribution in [0.1, 0.15) is 15.9 Å². The Morgan fingerprint density at radius 2 is 2.00 bits per heavy atom. The van der Waals surface area contributed by atoms with E-state index in [4.69, 9.17) is 11.6 Å². The second-order valence-electron chi connectivity index (χ2n) is 3.86. The number of ketones is 1. The lowest BCUT2D eigenvalue weighted by molar-refractivity contribution is 0.0993. The van der Waals surface area contributed by atoms with E-state index in [-0.39, 0.29) is 18.0 Å². The van der Waals surface area contributed by atoms with Crippen LogP contribution < -0.4 is 0 Å². The molecule has 0 aliphatic carbocycles. The first kappa shape index (κ1) is 13.5. The molecule has 0 aliphatic rings. The molecule has 0 heterocycles. The van der Waals surface area contributed by atoms with E-state index < -0.39 is 0 Å². The Balaban J connectivity index is 2.19. The minimum Gasteiger partial charge on any atom is -0.294 e. The summed E-state index contributed by atoms with van der Waals surface area (Å²) in [6.45, 7) is 0. The van der Waals surface area contributed by atoms with Crippen LogP contribution >= 0.6 is 34.2 Å². The Kier molecular flexibility index (Phi) is 4.35. The summed E-state index contributed by atoms with van der Waals surface area (Å²) in [7, 11) is 0. The normalized spacial score (nSPS) is 10.4. The van der Waals surface area contributed by atoms with E-state index in [9.17, 15) is 9.18 Å². The molecular formula is C14H9ClFIO. The molecule has 2 rings (SSSR count). The van der Waals surface area contributed by atoms with Gasteiger partial charge in [0.2, 0.25) is 0 Å². The third-order valence-corrected chi connectivity index (χ3v) is 4.07. The Bertz CT molecular complexity index is 598. The summed E-state index contributed by atoms with van der Waals surface area (Å²) in [5, 5.41) is 0.556. The highest BCUT2D eigenvalue weighted by Gasteiger charge is 2.09. The van der Waals surface area contributed by atoms with Crippen LogP contribution in [-0.4, -0.2) is 5.78 Å². The standard InChI is InChI=1S/C14H9ClFIO/c15-12-8-10(4-5-13(12)17)14(18)7-9-2-1-3-11(16)6-9/h1-6,8H,7H2. The Morgan fingerprint density at radius 3 is 2.67 bits per heavy atom. The molecule has 2 aromatic rings. The summed E-state index contributed by atoms with van der Waals surface area (Å²) in [6, 6.07) is 11.2. The zero-order chi connectivity index (χ0) is 13.1. The van der Waals surface area contributed by atoms with Crippen LogP contribution in [0, 0.1) is 9.39 Å². The molecule has 0 saturated carbocycles. The quantitative estimate of drug-likeness (QED) is 0.571. The lowest BCUT2D eigenvalue weighted by atomic mass is 10.0. The van der Waals surface area contributed by atoms with Gasteiger partial charge in [-0.3, -0.25) is 4.79 Å². The van der Waals surface area contributed by atoms with Crippen molar-refractivity contribution in [3.8, 4) is 0 Å². The minimum absolute atomic E-state index is 0.0705. The first-order valence-electron chi connectivity index (χ1n) is 5.29. The van der Waals surface area contributed by atoms with E-state index in [1.54, 1.807) is 30.3 Å². The van der Waals surface area contributed by atoms with Crippen LogP contribution in [0.5, 0.6) is 0 Å². The SMILES string of the molecule is O=C(Cc1cccc(F)c1)c1ccc(I)c(Cl)c1. The Hall–Kier alpha value is -0.940. The maximum atomic E-state index is 13.0. The molecule has 18 heavy (non-hydrogen) atoms. The van der Waals surface area contributed by atoms with Gasteiger partial charge in [-0.05, 0) is 52.4 Å². The maximum absolute atomic E-state index is 13.0. The van der Waals surface area contributed by atoms with Crippen molar-refractivity contribution in [1.29, 1.82) is 0 Å². The van der Waals surface area contributed by atoms with Crippen molar-refractivity contribution in [3.63, 3.8) is 0 Å². The smallest absolute Gasteiger partial charge is 0.167 e. The predicted octanol–water partition coefficient (Wildman–Crippen LogP) is 4.51. The summed E-state index contributed by atoms with van der Waals surface area (Å²) in [5.41, 5.74) is 1.21. The van der Waals surface area contributed by atoms with Crippen LogP contribution in [0.4, 0.5) is 4.39 Å². The molecule has 0 radical (unpaired) electrons. The third kappa shape index (κ3) is 3.29. The zero-order valence-electron chi connectivity index (χ0n) is 9.29. The van der Waals surface area contributed by atoms with Crippen molar-refractivity contribution >= 4 is 40.0 Å². The fourth-order valence-corrected chi connectivity index (χ4v) is 2.12. The number of Topliss-reactive ketones (excluding diaryl/α,β-unsaturated/α-hetero) is 1. The van der Waals surface area contributed by atoms with E-state index in [2.05, 4.69) is 22.6 Å². The molecule has 0 atom stereocenters. The van der Waals surface area contributed by atoms with Crippen molar-refractivity contribution in [2.24, 2.45) is 0 Å². The zero-order valence-corrected chi connectivity index (χ0v) is 12.2. The van der Waals surface area contributed by atoms with Gasteiger partial charge in [-0.2, -0.15) is 0 Å². The second-order valence-corrected chi connectivity index (χ2v) is 5.43. The predicted molar refractivity (Wildman–Crippen MR) is 78.6 cm³/mol. The molecular weight excluding hydrogens is 366 g/mol. The number of carbonyl (C=O) groups excluding carboxylic acids is 1. The van der Waals surface area contributed by atoms with Crippen LogP contribution in [0.2, 0.25) is 5.02 Å². The first-order valence-corrected chi connectivity index (χ1v) is 6.74. The number of halogens is 3. The molecule has 0 spiro atoms. The van der Waals surface area contributed by atoms with Crippen LogP contribution in [0.25, 0.3) is 0 Å². The second kappa shape index (κ2) is 5.80. The van der Waals surface area contributed by atoms with Gasteiger partial charge >= 0.3 is 0 Å². The van der Waals surface area contributed by atoms with Gasteiger partial charge in [0.15, 0.2) is 5.78 Å². The van der Waals surface area contributed by atoms with Crippen LogP contribution in [-0.2, 0) is 6.42 Å². The summed E-state index contributed by atoms with van der Waals surface area (Å²) >= 11 is 8.07. The fourth-order valence-electron chi connectivity index (χ4n) is 1.60. The molecule has 0 saturated heterocycles. The van der Waals surface area contributed by atoms with Crippen LogP contribution in [0.3, 0.4) is 0 Å². The van der Waals surface area contributed by atoms with Gasteiger partial charge in [-0.25, -0.2) is 4.39 Å². The molecule has 0 aliphatic heterocycles. The summed E-state index contributed by atoms with van der Waals surface area (Å²) in [4.78, 5) is 12.0. The van der Waals surface area contributed by atoms with Gasteiger partial charge < -0.3 is 0 Å². The maximum Gasteiger partial charge on any atom is 0.167 e. The van der Waals surface area contributed by atoms with E-state index in [0.29, 0.717) is 16.1 Å². The molecule has 4 heteroatoms. The summed E-state index contributed by atoms with van der Waals surface area (Å²) < 4.78 is 13.9. The largest absolute Gasteiger partial charge is 0.294 e. The molecule has 0 bridgehead atoms. The number of benzene rings is 2. The van der Waals surface area contributed by atoms with Gasteiger partial charge in [0, 0.05) is 15.6 Å². The van der Waals surface area contributed by atoms with Crippen LogP contribution in [0.15, 0.2) is 42.5 Å². The average Bonchev–Trinajstić information content (AvgIpc) is 2.32. The van der Waals surface area contributed by atoms with Gasteiger partial charge in [-0.15, -0.1) is 0 Å². The van der Waals surface area contributed by atoms with Crippen molar-refractivity contribution in [2.75, 3.05) is 0 Å². The molecule has 0 aromatic heterocycles. The molecule has 0 N–H and O–H groups in total. The number of hydrogen-bond acceptors (Lipinski definition) is 1. The van der Waals surface area contributed by atoms with Crippen molar-refractivity contribution in [1.82, 2.24) is 0 Å². The number of rotatable bonds is 3. The van der Waals surface area contributed by atoms with Crippen molar-refractivity contribution < 1.29 is 9.18 Å². The van der Waals surface area contributed by atoms with E-state index in [1.165, 1.54) is 12.1 Å². The van der Waals surface area contributed by atoms with E-state index in [1.807, 2.05) is 0 Å². The molecule has 0 amide bonds. The monoisotopic (exact) mass is 374 g/mol. The molecule has 2 aromatic carbocycles. The number of hydrogen-bond donors (Lipinski definition) is 0. The minimum atomic E-state index is -0.332. The van der Waals surface area contributed by atoms with Gasteiger partial charge in [0.25, 0.3) is 0 Å². The lowest BCUT2D eigenvalue weighted by Gasteiger charge is -2.03. The topological polar surface area (TPSA) is 17.1 Å². The summed E-state index contributed by atoms with van der Waals surface area (Å²) in [5.74, 6) is -0.403. The molecule has 92 valence electrons. The Morgan fingerprint density at radius 1 is 1.22 bits per heavy atom. The highest BCUT2D eigenvalue weighted by atomic mass is 127. The molecule has 1 nitrogen and oxygen atoms in total. The van der Waals surface area contributed by atoms with Crippen molar-refractivity contribution in [3.05, 3.63) is 68.0 Å². The average molecular weight is 375 g/mol. The summed E-state index contributed by atoms with van der Waals surface area (Å²) in [6.07, 6.45) is 0.175. The Labute approximate surface area is 123 Å². The van der Waals surface area contributed by atoms with Gasteiger partial charge in [0.1, 0.15) is 5.82 Å².